The fourth-order valence-corrected chi connectivity index (χ4v) is 16.1. The Balaban J connectivity index is 5.06. The molecule has 19 heteroatoms. The molecule has 0 bridgehead atoms. The van der Waals surface area contributed by atoms with Gasteiger partial charge in [-0.2, -0.15) is 0 Å². The number of unbranched alkanes of at least 4 members (excludes halogenated alkanes) is 63. The number of hydrogen-bond donors (Lipinski definition) is 3. The number of ether oxygens (including phenoxy) is 4. The molecule has 660 valence electrons. The van der Waals surface area contributed by atoms with E-state index >= 15 is 0 Å². The summed E-state index contributed by atoms with van der Waals surface area (Å²) in [5.74, 6) is -1.24. The molecule has 0 saturated heterocycles. The van der Waals surface area contributed by atoms with Crippen molar-refractivity contribution >= 4 is 39.5 Å². The van der Waals surface area contributed by atoms with Gasteiger partial charge < -0.3 is 33.8 Å². The zero-order chi connectivity index (χ0) is 81.1. The van der Waals surface area contributed by atoms with Crippen LogP contribution in [-0.4, -0.2) is 96.7 Å². The predicted octanol–water partition coefficient (Wildman–Crippen LogP) is 28.7. The quantitative estimate of drug-likeness (QED) is 0.0222. The normalized spacial score (nSPS) is 13.9. The van der Waals surface area contributed by atoms with Crippen molar-refractivity contribution in [2.75, 3.05) is 39.6 Å². The smallest absolute Gasteiger partial charge is 0.462 e. The number of esters is 4. The Labute approximate surface area is 683 Å². The van der Waals surface area contributed by atoms with Crippen LogP contribution in [0.2, 0.25) is 0 Å². The topological polar surface area (TPSA) is 237 Å². The Bertz CT molecular complexity index is 2100. The molecule has 3 N–H and O–H groups in total. The standard InChI is InChI=1S/C92H180O17P2/c1-6-10-13-16-18-20-22-24-26-28-30-32-34-36-41-45-49-53-57-61-66-71-76-90(95)103-82-88(109-92(97)78-73-68-63-59-55-51-47-43-39-38-40-44-48-52-56-60-65-69-74-85(5)9-4)84-107-111(100,101)105-80-86(93)79-104-110(98,99)106-83-87(81-102-89(94)75-70-64-15-12-8-3)108-91(96)77-72-67-62-58-54-50-46-42-37-35-33-31-29-27-25-23-21-19-17-14-11-7-2/h85-88,93H,6-84H2,1-5H3,(H,98,99)(H,100,101)/t85?,86-,87+,88+/m0/s1. The zero-order valence-corrected chi connectivity index (χ0v) is 74.9. The maximum absolute atomic E-state index is 13.2. The van der Waals surface area contributed by atoms with Crippen LogP contribution in [0.5, 0.6) is 0 Å². The van der Waals surface area contributed by atoms with Gasteiger partial charge in [-0.15, -0.1) is 0 Å². The maximum Gasteiger partial charge on any atom is 0.472 e. The van der Waals surface area contributed by atoms with E-state index in [1.807, 2.05) is 0 Å². The molecule has 0 aromatic carbocycles. The van der Waals surface area contributed by atoms with E-state index in [2.05, 4.69) is 34.6 Å². The summed E-state index contributed by atoms with van der Waals surface area (Å²) in [4.78, 5) is 73.1. The van der Waals surface area contributed by atoms with Gasteiger partial charge in [0.15, 0.2) is 12.2 Å². The minimum atomic E-state index is -4.97. The molecule has 0 spiro atoms. The van der Waals surface area contributed by atoms with E-state index in [4.69, 9.17) is 37.0 Å². The third-order valence-corrected chi connectivity index (χ3v) is 24.0. The third kappa shape index (κ3) is 84.3. The molecular weight excluding hydrogens is 1440 g/mol. The fourth-order valence-electron chi connectivity index (χ4n) is 14.5. The van der Waals surface area contributed by atoms with Crippen LogP contribution in [0, 0.1) is 5.92 Å². The van der Waals surface area contributed by atoms with Gasteiger partial charge in [0, 0.05) is 25.7 Å². The first kappa shape index (κ1) is 109. The van der Waals surface area contributed by atoms with Crippen molar-refractivity contribution in [2.45, 2.75) is 522 Å². The summed E-state index contributed by atoms with van der Waals surface area (Å²) in [6, 6.07) is 0. The molecule has 111 heavy (non-hydrogen) atoms. The molecule has 0 aliphatic rings. The van der Waals surface area contributed by atoms with Crippen LogP contribution in [-0.2, 0) is 65.4 Å². The van der Waals surface area contributed by atoms with Gasteiger partial charge in [0.25, 0.3) is 0 Å². The van der Waals surface area contributed by atoms with E-state index in [0.29, 0.717) is 25.7 Å². The Morgan fingerprint density at radius 1 is 0.252 bits per heavy atom. The second-order valence-electron chi connectivity index (χ2n) is 33.3. The van der Waals surface area contributed by atoms with Crippen molar-refractivity contribution < 1.29 is 80.2 Å². The van der Waals surface area contributed by atoms with Gasteiger partial charge in [-0.25, -0.2) is 9.13 Å². The first-order valence-corrected chi connectivity index (χ1v) is 50.7. The largest absolute Gasteiger partial charge is 0.472 e. The number of hydrogen-bond acceptors (Lipinski definition) is 15. The van der Waals surface area contributed by atoms with E-state index in [0.717, 1.165) is 102 Å². The summed E-state index contributed by atoms with van der Waals surface area (Å²) in [7, 11) is -9.92. The van der Waals surface area contributed by atoms with Crippen molar-refractivity contribution in [3.63, 3.8) is 0 Å². The first-order chi connectivity index (χ1) is 54.1. The van der Waals surface area contributed by atoms with Crippen molar-refractivity contribution in [3.05, 3.63) is 0 Å². The van der Waals surface area contributed by atoms with Crippen molar-refractivity contribution in [2.24, 2.45) is 5.92 Å². The molecule has 0 amide bonds. The molecule has 0 fully saturated rings. The molecule has 0 rings (SSSR count). The summed E-state index contributed by atoms with van der Waals surface area (Å²) < 4.78 is 68.8. The van der Waals surface area contributed by atoms with Gasteiger partial charge in [-0.05, 0) is 31.6 Å². The molecule has 0 saturated carbocycles. The van der Waals surface area contributed by atoms with Gasteiger partial charge in [-0.3, -0.25) is 37.3 Å². The highest BCUT2D eigenvalue weighted by Crippen LogP contribution is 2.45. The maximum atomic E-state index is 13.2. The first-order valence-electron chi connectivity index (χ1n) is 47.7. The van der Waals surface area contributed by atoms with Crippen LogP contribution < -0.4 is 0 Å². The number of carbonyl (C=O) groups is 4. The second-order valence-corrected chi connectivity index (χ2v) is 36.2. The van der Waals surface area contributed by atoms with Crippen LogP contribution in [0.25, 0.3) is 0 Å². The summed E-state index contributed by atoms with van der Waals surface area (Å²) >= 11 is 0. The van der Waals surface area contributed by atoms with E-state index in [1.165, 1.54) is 321 Å². The van der Waals surface area contributed by atoms with Crippen LogP contribution >= 0.6 is 15.6 Å². The number of aliphatic hydroxyl groups is 1. The molecule has 0 heterocycles. The molecule has 0 aliphatic carbocycles. The van der Waals surface area contributed by atoms with Crippen LogP contribution in [0.3, 0.4) is 0 Å². The van der Waals surface area contributed by atoms with Gasteiger partial charge >= 0.3 is 39.5 Å². The van der Waals surface area contributed by atoms with Crippen LogP contribution in [0.1, 0.15) is 503 Å². The molecule has 0 aromatic heterocycles. The number of phosphoric ester groups is 2. The lowest BCUT2D eigenvalue weighted by atomic mass is 9.99. The molecule has 0 aliphatic heterocycles. The average Bonchev–Trinajstić information content (AvgIpc) is 0.899. The minimum absolute atomic E-state index is 0.109. The van der Waals surface area contributed by atoms with Crippen molar-refractivity contribution in [1.82, 2.24) is 0 Å². The minimum Gasteiger partial charge on any atom is -0.462 e. The molecule has 3 unspecified atom stereocenters. The SMILES string of the molecule is CCCCCCCCCCCCCCCCCCCCCCCCC(=O)OC[C@H](COP(=O)(O)OC[C@@H](O)COP(=O)(O)OC[C@@H](COC(=O)CCCCCCC)OC(=O)CCCCCCCCCCCCCCCCCCCCCCCC)OC(=O)CCCCCCCCCCCCCCCCCCCCC(C)CC. The molecular formula is C92H180O17P2. The fraction of sp³-hybridized carbons (Fsp3) is 0.957. The number of carbonyl (C=O) groups excluding carboxylic acids is 4. The summed E-state index contributed by atoms with van der Waals surface area (Å²) in [5.41, 5.74) is 0. The second kappa shape index (κ2) is 84.5. The van der Waals surface area contributed by atoms with Crippen LogP contribution in [0.4, 0.5) is 0 Å². The highest BCUT2D eigenvalue weighted by molar-refractivity contribution is 7.47. The summed E-state index contributed by atoms with van der Waals surface area (Å²) in [5, 5.41) is 10.7. The highest BCUT2D eigenvalue weighted by atomic mass is 31.2. The van der Waals surface area contributed by atoms with E-state index < -0.39 is 97.5 Å². The average molecular weight is 1620 g/mol. The van der Waals surface area contributed by atoms with Gasteiger partial charge in [-0.1, -0.05) is 452 Å². The molecule has 6 atom stereocenters. The van der Waals surface area contributed by atoms with Gasteiger partial charge in [0.1, 0.15) is 19.3 Å². The van der Waals surface area contributed by atoms with Crippen molar-refractivity contribution in [3.8, 4) is 0 Å². The zero-order valence-electron chi connectivity index (χ0n) is 73.1. The van der Waals surface area contributed by atoms with Crippen LogP contribution in [0.15, 0.2) is 0 Å². The Morgan fingerprint density at radius 2 is 0.432 bits per heavy atom. The molecule has 0 radical (unpaired) electrons. The Hall–Kier alpha value is -1.94. The lowest BCUT2D eigenvalue weighted by molar-refractivity contribution is -0.161. The Kier molecular flexibility index (Phi) is 83.0. The summed E-state index contributed by atoms with van der Waals surface area (Å²) in [6.45, 7) is 7.37. The third-order valence-electron chi connectivity index (χ3n) is 22.1. The van der Waals surface area contributed by atoms with Gasteiger partial charge in [0.2, 0.25) is 0 Å². The van der Waals surface area contributed by atoms with E-state index in [-0.39, 0.29) is 25.7 Å². The Morgan fingerprint density at radius 3 is 0.640 bits per heavy atom. The lowest BCUT2D eigenvalue weighted by Gasteiger charge is -2.21. The number of rotatable bonds is 92. The van der Waals surface area contributed by atoms with E-state index in [1.54, 1.807) is 0 Å². The number of phosphoric acid groups is 2. The predicted molar refractivity (Wildman–Crippen MR) is 460 cm³/mol. The lowest BCUT2D eigenvalue weighted by Crippen LogP contribution is -2.30. The number of aliphatic hydroxyl groups excluding tert-OH is 1. The highest BCUT2D eigenvalue weighted by Gasteiger charge is 2.31. The molecule has 0 aromatic rings. The van der Waals surface area contributed by atoms with E-state index in [9.17, 15) is 43.2 Å². The van der Waals surface area contributed by atoms with Crippen molar-refractivity contribution in [1.29, 1.82) is 0 Å². The van der Waals surface area contributed by atoms with Gasteiger partial charge in [0.05, 0.1) is 26.4 Å². The summed E-state index contributed by atoms with van der Waals surface area (Å²) in [6.07, 6.45) is 81.4. The monoisotopic (exact) mass is 1620 g/mol. The molecule has 17 nitrogen and oxygen atoms in total.